The third kappa shape index (κ3) is 5.16. The summed E-state index contributed by atoms with van der Waals surface area (Å²) in [5.74, 6) is 2.86. The summed E-state index contributed by atoms with van der Waals surface area (Å²) >= 11 is 0. The number of piperidine rings is 1. The number of nitrogens with zero attached hydrogens (tertiary/aromatic N) is 1. The molecule has 0 spiro atoms. The van der Waals surface area contributed by atoms with Gasteiger partial charge in [0.1, 0.15) is 0 Å². The number of benzene rings is 2. The highest BCUT2D eigenvalue weighted by Crippen LogP contribution is 2.44. The molecule has 6 heteroatoms. The Morgan fingerprint density at radius 1 is 0.967 bits per heavy atom. The van der Waals surface area contributed by atoms with Gasteiger partial charge in [-0.1, -0.05) is 30.3 Å². The van der Waals surface area contributed by atoms with E-state index in [1.807, 2.05) is 0 Å². The Bertz CT molecular complexity index is 795. The summed E-state index contributed by atoms with van der Waals surface area (Å²) in [6, 6.07) is 15.7. The molecule has 2 aliphatic rings. The lowest BCUT2D eigenvalue weighted by Crippen LogP contribution is -2.35. The first-order chi connectivity index (χ1) is 13.7. The highest BCUT2D eigenvalue weighted by atomic mass is 35.5. The zero-order valence-electron chi connectivity index (χ0n) is 18.1. The Morgan fingerprint density at radius 3 is 2.23 bits per heavy atom. The van der Waals surface area contributed by atoms with E-state index in [0.717, 1.165) is 24.0 Å². The fraction of sp³-hybridized carbons (Fsp3) is 0.500. The molecule has 2 atom stereocenters. The van der Waals surface area contributed by atoms with Gasteiger partial charge in [0.25, 0.3) is 0 Å². The fourth-order valence-corrected chi connectivity index (χ4v) is 4.88. The second kappa shape index (κ2) is 11.1. The monoisotopic (exact) mass is 452 g/mol. The molecule has 4 rings (SSSR count). The van der Waals surface area contributed by atoms with Crippen LogP contribution in [0.25, 0.3) is 0 Å². The number of nitrogens with one attached hydrogen (secondary N) is 1. The largest absolute Gasteiger partial charge is 0.493 e. The zero-order chi connectivity index (χ0) is 19.5. The standard InChI is InChI=1S/C24H32N2O2.2ClH/c1-17-20(21-15-23(27-2)24(28-3)16-22(21)25-17)11-14-26-12-9-19(10-13-26)18-7-5-4-6-8-18;;/h4-8,15-17,19-20,25H,9-14H2,1-3H3;2*1H/t17-,20+;;/m0../s1. The van der Waals surface area contributed by atoms with Crippen molar-refractivity contribution in [3.05, 3.63) is 53.6 Å². The average molecular weight is 453 g/mol. The lowest BCUT2D eigenvalue weighted by atomic mass is 9.88. The third-order valence-electron chi connectivity index (χ3n) is 6.56. The maximum atomic E-state index is 5.53. The van der Waals surface area contributed by atoms with Gasteiger partial charge in [0.05, 0.1) is 14.2 Å². The van der Waals surface area contributed by atoms with Crippen molar-refractivity contribution in [2.75, 3.05) is 39.2 Å². The predicted octanol–water partition coefficient (Wildman–Crippen LogP) is 5.71. The Balaban J connectivity index is 0.00000160. The van der Waals surface area contributed by atoms with E-state index in [4.69, 9.17) is 9.47 Å². The van der Waals surface area contributed by atoms with Crippen LogP contribution in [0.15, 0.2) is 42.5 Å². The molecule has 0 amide bonds. The number of hydrogen-bond donors (Lipinski definition) is 1. The van der Waals surface area contributed by atoms with Crippen LogP contribution in [0.2, 0.25) is 0 Å². The molecule has 1 fully saturated rings. The molecule has 0 aliphatic carbocycles. The number of ether oxygens (including phenoxy) is 2. The van der Waals surface area contributed by atoms with Gasteiger partial charge in [-0.3, -0.25) is 0 Å². The van der Waals surface area contributed by atoms with Gasteiger partial charge >= 0.3 is 0 Å². The summed E-state index contributed by atoms with van der Waals surface area (Å²) in [6.07, 6.45) is 3.71. The zero-order valence-corrected chi connectivity index (χ0v) is 19.7. The second-order valence-corrected chi connectivity index (χ2v) is 8.15. The molecule has 1 N–H and O–H groups in total. The van der Waals surface area contributed by atoms with Gasteiger partial charge in [0.15, 0.2) is 11.5 Å². The van der Waals surface area contributed by atoms with E-state index in [1.54, 1.807) is 14.2 Å². The maximum absolute atomic E-state index is 5.53. The lowest BCUT2D eigenvalue weighted by molar-refractivity contribution is 0.204. The van der Waals surface area contributed by atoms with Crippen LogP contribution in [0, 0.1) is 0 Å². The first-order valence-electron chi connectivity index (χ1n) is 10.5. The van der Waals surface area contributed by atoms with Crippen LogP contribution >= 0.6 is 24.8 Å². The van der Waals surface area contributed by atoms with Crippen molar-refractivity contribution in [1.29, 1.82) is 0 Å². The Hall–Kier alpha value is -1.62. The summed E-state index contributed by atoms with van der Waals surface area (Å²) in [5.41, 5.74) is 4.06. The Kier molecular flexibility index (Phi) is 9.14. The van der Waals surface area contributed by atoms with Gasteiger partial charge in [0.2, 0.25) is 0 Å². The number of likely N-dealkylation sites (tertiary alicyclic amines) is 1. The number of rotatable bonds is 6. The van der Waals surface area contributed by atoms with Crippen LogP contribution in [0.5, 0.6) is 11.5 Å². The van der Waals surface area contributed by atoms with Crippen LogP contribution < -0.4 is 14.8 Å². The van der Waals surface area contributed by atoms with Crippen LogP contribution in [0.3, 0.4) is 0 Å². The lowest BCUT2D eigenvalue weighted by Gasteiger charge is -2.33. The van der Waals surface area contributed by atoms with Crippen molar-refractivity contribution in [3.8, 4) is 11.5 Å². The van der Waals surface area contributed by atoms with E-state index >= 15 is 0 Å². The second-order valence-electron chi connectivity index (χ2n) is 8.15. The predicted molar refractivity (Wildman–Crippen MR) is 129 cm³/mol. The highest BCUT2D eigenvalue weighted by Gasteiger charge is 2.31. The molecule has 2 aliphatic heterocycles. The molecular weight excluding hydrogens is 419 g/mol. The summed E-state index contributed by atoms with van der Waals surface area (Å²) in [7, 11) is 3.40. The first kappa shape index (κ1) is 24.6. The van der Waals surface area contributed by atoms with Crippen LogP contribution in [0.1, 0.15) is 49.1 Å². The molecule has 0 bridgehead atoms. The van der Waals surface area contributed by atoms with Crippen molar-refractivity contribution in [1.82, 2.24) is 4.90 Å². The number of fused-ring (bicyclic) bond motifs is 1. The van der Waals surface area contributed by atoms with E-state index < -0.39 is 0 Å². The SMILES string of the molecule is COc1cc2c(cc1OC)[C@H](CCN1CCC(c3ccccc3)CC1)[C@H](C)N2.Cl.Cl. The van der Waals surface area contributed by atoms with E-state index in [-0.39, 0.29) is 24.8 Å². The van der Waals surface area contributed by atoms with Crippen molar-refractivity contribution in [2.24, 2.45) is 0 Å². The molecule has 0 radical (unpaired) electrons. The molecule has 4 nitrogen and oxygen atoms in total. The molecule has 30 heavy (non-hydrogen) atoms. The quantitative estimate of drug-likeness (QED) is 0.607. The maximum Gasteiger partial charge on any atom is 0.162 e. The smallest absolute Gasteiger partial charge is 0.162 e. The summed E-state index contributed by atoms with van der Waals surface area (Å²) < 4.78 is 11.0. The Labute approximate surface area is 193 Å². The number of hydrogen-bond acceptors (Lipinski definition) is 4. The van der Waals surface area contributed by atoms with E-state index in [1.165, 1.54) is 49.2 Å². The van der Waals surface area contributed by atoms with Crippen LogP contribution in [0.4, 0.5) is 5.69 Å². The van der Waals surface area contributed by atoms with Crippen LogP contribution in [-0.2, 0) is 0 Å². The van der Waals surface area contributed by atoms with Crippen LogP contribution in [-0.4, -0.2) is 44.8 Å². The average Bonchev–Trinajstić information content (AvgIpc) is 3.06. The molecule has 0 unspecified atom stereocenters. The van der Waals surface area contributed by atoms with Crippen molar-refractivity contribution in [3.63, 3.8) is 0 Å². The molecule has 2 aromatic rings. The van der Waals surface area contributed by atoms with Crippen molar-refractivity contribution >= 4 is 30.5 Å². The molecular formula is C24H34Cl2N2O2. The van der Waals surface area contributed by atoms with E-state index in [9.17, 15) is 0 Å². The summed E-state index contributed by atoms with van der Waals surface area (Å²) in [4.78, 5) is 2.64. The summed E-state index contributed by atoms with van der Waals surface area (Å²) in [6.45, 7) is 5.84. The molecule has 0 saturated carbocycles. The van der Waals surface area contributed by atoms with Gasteiger partial charge in [-0.2, -0.15) is 0 Å². The minimum atomic E-state index is 0. The number of anilines is 1. The Morgan fingerprint density at radius 2 is 1.60 bits per heavy atom. The highest BCUT2D eigenvalue weighted by molar-refractivity contribution is 5.85. The number of methoxy groups -OCH3 is 2. The normalized spacial score (nSPS) is 21.0. The van der Waals surface area contributed by atoms with Gasteiger partial charge in [-0.15, -0.1) is 24.8 Å². The van der Waals surface area contributed by atoms with E-state index in [2.05, 4.69) is 59.6 Å². The third-order valence-corrected chi connectivity index (χ3v) is 6.56. The van der Waals surface area contributed by atoms with E-state index in [0.29, 0.717) is 12.0 Å². The molecule has 2 aromatic carbocycles. The van der Waals surface area contributed by atoms with Gasteiger partial charge in [-0.25, -0.2) is 0 Å². The minimum Gasteiger partial charge on any atom is -0.493 e. The fourth-order valence-electron chi connectivity index (χ4n) is 4.88. The molecule has 1 saturated heterocycles. The molecule has 2 heterocycles. The van der Waals surface area contributed by atoms with Gasteiger partial charge in [-0.05, 0) is 68.9 Å². The minimum absolute atomic E-state index is 0. The van der Waals surface area contributed by atoms with Gasteiger partial charge < -0.3 is 19.7 Å². The number of halogens is 2. The topological polar surface area (TPSA) is 33.7 Å². The molecule has 166 valence electrons. The van der Waals surface area contributed by atoms with Gasteiger partial charge in [0, 0.05) is 23.7 Å². The van der Waals surface area contributed by atoms with Crippen molar-refractivity contribution < 1.29 is 9.47 Å². The first-order valence-corrected chi connectivity index (χ1v) is 10.5. The summed E-state index contributed by atoms with van der Waals surface area (Å²) in [5, 5.41) is 3.64. The molecule has 0 aromatic heterocycles. The van der Waals surface area contributed by atoms with Crippen molar-refractivity contribution in [2.45, 2.75) is 44.1 Å².